The van der Waals surface area contributed by atoms with Gasteiger partial charge < -0.3 is 5.32 Å². The van der Waals surface area contributed by atoms with Gasteiger partial charge in [-0.25, -0.2) is 4.79 Å². The highest BCUT2D eigenvalue weighted by molar-refractivity contribution is 5.67. The van der Waals surface area contributed by atoms with E-state index in [0.29, 0.717) is 12.2 Å². The molecule has 5 rings (SSSR count). The van der Waals surface area contributed by atoms with Gasteiger partial charge in [-0.2, -0.15) is 5.11 Å². The molecule has 6 nitrogen and oxygen atoms in total. The van der Waals surface area contributed by atoms with Gasteiger partial charge in [0.1, 0.15) is 0 Å². The number of nitrogens with one attached hydrogen (secondary N) is 2. The predicted molar refractivity (Wildman–Crippen MR) is 94.8 cm³/mol. The summed E-state index contributed by atoms with van der Waals surface area (Å²) in [6.45, 7) is 0. The second-order valence-corrected chi connectivity index (χ2v) is 6.45. The SMILES string of the molecule is C#CCC1=Cc2cc(-n3c4c([nH]c3=O)N=NC3NC=CC43)ccc2C1. The highest BCUT2D eigenvalue weighted by atomic mass is 16.1. The van der Waals surface area contributed by atoms with Crippen LogP contribution in [0.15, 0.2) is 51.1 Å². The van der Waals surface area contributed by atoms with Crippen molar-refractivity contribution < 1.29 is 0 Å². The number of terminal acetylenes is 1. The van der Waals surface area contributed by atoms with E-state index in [0.717, 1.165) is 23.4 Å². The van der Waals surface area contributed by atoms with Gasteiger partial charge in [0.2, 0.25) is 0 Å². The Bertz CT molecular complexity index is 1080. The fourth-order valence-corrected chi connectivity index (χ4v) is 3.79. The lowest BCUT2D eigenvalue weighted by Gasteiger charge is -2.20. The smallest absolute Gasteiger partial charge is 0.332 e. The molecule has 122 valence electrons. The van der Waals surface area contributed by atoms with Crippen LogP contribution in [0.5, 0.6) is 0 Å². The number of aromatic nitrogens is 2. The Morgan fingerprint density at radius 1 is 1.40 bits per heavy atom. The lowest BCUT2D eigenvalue weighted by molar-refractivity contribution is 0.539. The molecule has 3 aliphatic rings. The topological polar surface area (TPSA) is 74.5 Å². The second kappa shape index (κ2) is 5.08. The first-order chi connectivity index (χ1) is 12.2. The third-order valence-corrected chi connectivity index (χ3v) is 4.91. The predicted octanol–water partition coefficient (Wildman–Crippen LogP) is 2.75. The summed E-state index contributed by atoms with van der Waals surface area (Å²) < 4.78 is 1.70. The average molecular weight is 329 g/mol. The Morgan fingerprint density at radius 3 is 3.20 bits per heavy atom. The highest BCUT2D eigenvalue weighted by Gasteiger charge is 2.34. The zero-order valence-electron chi connectivity index (χ0n) is 13.4. The van der Waals surface area contributed by atoms with Crippen molar-refractivity contribution in [3.05, 3.63) is 63.4 Å². The van der Waals surface area contributed by atoms with E-state index in [1.807, 2.05) is 24.4 Å². The molecule has 0 amide bonds. The molecular weight excluding hydrogens is 314 g/mol. The highest BCUT2D eigenvalue weighted by Crippen LogP contribution is 2.37. The molecule has 0 bridgehead atoms. The summed E-state index contributed by atoms with van der Waals surface area (Å²) in [5.41, 5.74) is 5.07. The van der Waals surface area contributed by atoms with Crippen molar-refractivity contribution >= 4 is 11.9 Å². The lowest BCUT2D eigenvalue weighted by Crippen LogP contribution is -2.27. The zero-order valence-corrected chi connectivity index (χ0v) is 13.4. The largest absolute Gasteiger partial charge is 0.368 e. The second-order valence-electron chi connectivity index (χ2n) is 6.45. The van der Waals surface area contributed by atoms with Crippen LogP contribution in [0.3, 0.4) is 0 Å². The molecule has 1 aromatic carbocycles. The molecule has 2 aliphatic heterocycles. The minimum Gasteiger partial charge on any atom is -0.368 e. The Kier molecular flexibility index (Phi) is 2.86. The van der Waals surface area contributed by atoms with Gasteiger partial charge in [-0.3, -0.25) is 9.55 Å². The van der Waals surface area contributed by atoms with Crippen molar-refractivity contribution in [3.63, 3.8) is 0 Å². The van der Waals surface area contributed by atoms with E-state index in [-0.39, 0.29) is 17.8 Å². The van der Waals surface area contributed by atoms with Crippen LogP contribution < -0.4 is 11.0 Å². The van der Waals surface area contributed by atoms with Crippen molar-refractivity contribution in [2.75, 3.05) is 0 Å². The van der Waals surface area contributed by atoms with Gasteiger partial charge in [0.05, 0.1) is 17.3 Å². The molecule has 3 heterocycles. The van der Waals surface area contributed by atoms with Crippen molar-refractivity contribution in [3.8, 4) is 18.0 Å². The first-order valence-electron chi connectivity index (χ1n) is 8.19. The van der Waals surface area contributed by atoms with Crippen LogP contribution in [0.1, 0.15) is 29.2 Å². The van der Waals surface area contributed by atoms with Crippen molar-refractivity contribution in [1.29, 1.82) is 0 Å². The molecular formula is C19H15N5O. The quantitative estimate of drug-likeness (QED) is 0.831. The third kappa shape index (κ3) is 2.02. The Morgan fingerprint density at radius 2 is 2.32 bits per heavy atom. The average Bonchev–Trinajstić information content (AvgIpc) is 3.28. The molecule has 2 N–H and O–H groups in total. The minimum atomic E-state index is -0.198. The van der Waals surface area contributed by atoms with E-state index in [4.69, 9.17) is 6.42 Å². The fraction of sp³-hybridized carbons (Fsp3) is 0.211. The zero-order chi connectivity index (χ0) is 17.0. The number of nitrogens with zero attached hydrogens (tertiary/aromatic N) is 3. The molecule has 1 aromatic heterocycles. The molecule has 2 unspecified atom stereocenters. The van der Waals surface area contributed by atoms with Crippen LogP contribution in [-0.2, 0) is 6.42 Å². The van der Waals surface area contributed by atoms with Crippen LogP contribution >= 0.6 is 0 Å². The standard InChI is InChI=1S/C19H15N5O/c1-2-3-11-8-12-4-5-14(10-13(12)9-11)24-16-15-6-7-20-17(15)22-23-18(16)21-19(24)25/h1,4-7,9-10,15,17,20H,3,8H2,(H,21,25). The van der Waals surface area contributed by atoms with Crippen LogP contribution in [0.4, 0.5) is 5.82 Å². The van der Waals surface area contributed by atoms with Crippen LogP contribution in [0.2, 0.25) is 0 Å². The summed E-state index contributed by atoms with van der Waals surface area (Å²) in [5, 5.41) is 11.5. The maximum Gasteiger partial charge on any atom is 0.332 e. The molecule has 2 atom stereocenters. The van der Waals surface area contributed by atoms with Gasteiger partial charge in [-0.1, -0.05) is 23.8 Å². The summed E-state index contributed by atoms with van der Waals surface area (Å²) >= 11 is 0. The van der Waals surface area contributed by atoms with Crippen molar-refractivity contribution in [2.45, 2.75) is 24.9 Å². The lowest BCUT2D eigenvalue weighted by atomic mass is 10.0. The molecule has 0 radical (unpaired) electrons. The summed E-state index contributed by atoms with van der Waals surface area (Å²) in [6.07, 6.45) is 12.8. The normalized spacial score (nSPS) is 22.0. The summed E-state index contributed by atoms with van der Waals surface area (Å²) in [6, 6.07) is 6.09. The summed E-state index contributed by atoms with van der Waals surface area (Å²) in [4.78, 5) is 15.4. The first kappa shape index (κ1) is 14.1. The molecule has 25 heavy (non-hydrogen) atoms. The van der Waals surface area contributed by atoms with Gasteiger partial charge in [0, 0.05) is 6.42 Å². The van der Waals surface area contributed by atoms with E-state index in [1.54, 1.807) is 4.57 Å². The van der Waals surface area contributed by atoms with E-state index >= 15 is 0 Å². The fourth-order valence-electron chi connectivity index (χ4n) is 3.79. The minimum absolute atomic E-state index is 0.00718. The maximum absolute atomic E-state index is 12.6. The first-order valence-corrected chi connectivity index (χ1v) is 8.19. The van der Waals surface area contributed by atoms with E-state index in [9.17, 15) is 4.79 Å². The van der Waals surface area contributed by atoms with Crippen molar-refractivity contribution in [1.82, 2.24) is 14.9 Å². The number of hydrogen-bond acceptors (Lipinski definition) is 4. The number of imidazole rings is 1. The Hall–Kier alpha value is -3.33. The van der Waals surface area contributed by atoms with Gasteiger partial charge in [-0.15, -0.1) is 17.5 Å². The van der Waals surface area contributed by atoms with Gasteiger partial charge >= 0.3 is 5.69 Å². The number of azo groups is 1. The van der Waals surface area contributed by atoms with Crippen LogP contribution in [0, 0.1) is 12.3 Å². The molecule has 6 heteroatoms. The third-order valence-electron chi connectivity index (χ3n) is 4.91. The summed E-state index contributed by atoms with van der Waals surface area (Å²) in [5.74, 6) is 3.22. The number of H-pyrrole nitrogens is 1. The van der Waals surface area contributed by atoms with E-state index in [2.05, 4.69) is 38.6 Å². The van der Waals surface area contributed by atoms with Gasteiger partial charge in [0.25, 0.3) is 0 Å². The molecule has 0 fully saturated rings. The number of aromatic amines is 1. The number of allylic oxidation sites excluding steroid dienone is 1. The molecule has 0 spiro atoms. The molecule has 1 aliphatic carbocycles. The molecule has 0 saturated heterocycles. The number of hydrogen-bond donors (Lipinski definition) is 2. The van der Waals surface area contributed by atoms with Gasteiger partial charge in [-0.05, 0) is 35.9 Å². The molecule has 2 aromatic rings. The van der Waals surface area contributed by atoms with Crippen LogP contribution in [-0.4, -0.2) is 15.7 Å². The van der Waals surface area contributed by atoms with E-state index in [1.165, 1.54) is 11.1 Å². The number of benzene rings is 1. The summed E-state index contributed by atoms with van der Waals surface area (Å²) in [7, 11) is 0. The number of fused-ring (bicyclic) bond motifs is 4. The Balaban J connectivity index is 1.65. The number of rotatable bonds is 2. The maximum atomic E-state index is 12.6. The van der Waals surface area contributed by atoms with Crippen LogP contribution in [0.25, 0.3) is 11.8 Å². The van der Waals surface area contributed by atoms with Gasteiger partial charge in [0.15, 0.2) is 12.0 Å². The van der Waals surface area contributed by atoms with E-state index < -0.39 is 0 Å². The molecule has 0 saturated carbocycles. The monoisotopic (exact) mass is 329 g/mol. The van der Waals surface area contributed by atoms with Crippen molar-refractivity contribution in [2.24, 2.45) is 10.2 Å². The Labute approximate surface area is 144 Å².